The van der Waals surface area contributed by atoms with Gasteiger partial charge in [0.25, 0.3) is 0 Å². The smallest absolute Gasteiger partial charge is 0.139 e. The highest BCUT2D eigenvalue weighted by Gasteiger charge is 2.18. The molecule has 2 aromatic rings. The molecule has 18 heavy (non-hydrogen) atoms. The summed E-state index contributed by atoms with van der Waals surface area (Å²) in [6.45, 7) is 6.16. The van der Waals surface area contributed by atoms with Gasteiger partial charge in [0.2, 0.25) is 0 Å². The summed E-state index contributed by atoms with van der Waals surface area (Å²) in [4.78, 5) is 0. The summed E-state index contributed by atoms with van der Waals surface area (Å²) in [6.07, 6.45) is -0.0849. The Balaban J connectivity index is 2.21. The van der Waals surface area contributed by atoms with Crippen LogP contribution >= 0.6 is 11.3 Å². The topological polar surface area (TPSA) is 35.2 Å². The second-order valence-corrected chi connectivity index (χ2v) is 5.48. The Morgan fingerprint density at radius 2 is 1.94 bits per heavy atom. The highest BCUT2D eigenvalue weighted by Crippen LogP contribution is 2.27. The fourth-order valence-electron chi connectivity index (χ4n) is 1.85. The van der Waals surface area contributed by atoms with Crippen LogP contribution < -0.4 is 10.5 Å². The summed E-state index contributed by atoms with van der Waals surface area (Å²) in [5, 5.41) is 4.14. The number of aryl methyl sites for hydroxylation is 2. The third-order valence-electron chi connectivity index (χ3n) is 3.09. The van der Waals surface area contributed by atoms with Gasteiger partial charge in [-0.15, -0.1) is 0 Å². The maximum atomic E-state index is 6.04. The van der Waals surface area contributed by atoms with E-state index in [0.717, 1.165) is 11.3 Å². The van der Waals surface area contributed by atoms with Gasteiger partial charge >= 0.3 is 0 Å². The molecule has 0 radical (unpaired) electrons. The van der Waals surface area contributed by atoms with Gasteiger partial charge in [0.1, 0.15) is 11.9 Å². The zero-order chi connectivity index (χ0) is 13.1. The molecule has 0 spiro atoms. The summed E-state index contributed by atoms with van der Waals surface area (Å²) in [7, 11) is 0. The van der Waals surface area contributed by atoms with E-state index >= 15 is 0 Å². The summed E-state index contributed by atoms with van der Waals surface area (Å²) in [6, 6.07) is 8.18. The van der Waals surface area contributed by atoms with Gasteiger partial charge in [0.05, 0.1) is 0 Å². The number of hydrogen-bond acceptors (Lipinski definition) is 3. The van der Waals surface area contributed by atoms with Gasteiger partial charge in [-0.1, -0.05) is 6.07 Å². The predicted molar refractivity (Wildman–Crippen MR) is 77.3 cm³/mol. The fraction of sp³-hybridized carbons (Fsp3) is 0.333. The van der Waals surface area contributed by atoms with E-state index in [9.17, 15) is 0 Å². The molecule has 1 aromatic carbocycles. The first-order valence-corrected chi connectivity index (χ1v) is 7.04. The second kappa shape index (κ2) is 5.55. The van der Waals surface area contributed by atoms with Crippen LogP contribution in [0.25, 0.3) is 0 Å². The molecular formula is C15H19NOS. The molecule has 1 aromatic heterocycles. The first-order valence-electron chi connectivity index (χ1n) is 6.09. The van der Waals surface area contributed by atoms with E-state index in [1.165, 1.54) is 11.1 Å². The molecule has 0 saturated heterocycles. The van der Waals surface area contributed by atoms with Crippen LogP contribution in [0.4, 0.5) is 0 Å². The number of hydrogen-bond donors (Lipinski definition) is 1. The molecule has 2 atom stereocenters. The molecular weight excluding hydrogens is 242 g/mol. The number of benzene rings is 1. The van der Waals surface area contributed by atoms with Crippen LogP contribution in [0.1, 0.15) is 29.7 Å². The highest BCUT2D eigenvalue weighted by molar-refractivity contribution is 7.07. The molecule has 3 heteroatoms. The Labute approximate surface area is 112 Å². The summed E-state index contributed by atoms with van der Waals surface area (Å²) >= 11 is 1.67. The largest absolute Gasteiger partial charge is 0.484 e. The molecule has 1 heterocycles. The van der Waals surface area contributed by atoms with E-state index < -0.39 is 0 Å². The molecule has 2 unspecified atom stereocenters. The standard InChI is InChI=1S/C15H19NOS/c1-10-4-5-14(8-11(10)2)17-15(12(3)16)13-6-7-18-9-13/h4-9,12,15H,16H2,1-3H3. The first kappa shape index (κ1) is 13.1. The van der Waals surface area contributed by atoms with Crippen molar-refractivity contribution >= 4 is 11.3 Å². The van der Waals surface area contributed by atoms with E-state index in [2.05, 4.69) is 42.8 Å². The molecule has 2 N–H and O–H groups in total. The van der Waals surface area contributed by atoms with E-state index in [-0.39, 0.29) is 12.1 Å². The van der Waals surface area contributed by atoms with Crippen LogP contribution in [-0.4, -0.2) is 6.04 Å². The number of rotatable bonds is 4. The average molecular weight is 261 g/mol. The third kappa shape index (κ3) is 2.92. The molecule has 96 valence electrons. The Kier molecular flexibility index (Phi) is 4.04. The van der Waals surface area contributed by atoms with Crippen LogP contribution in [0.15, 0.2) is 35.0 Å². The highest BCUT2D eigenvalue weighted by atomic mass is 32.1. The van der Waals surface area contributed by atoms with Crippen molar-refractivity contribution in [1.29, 1.82) is 0 Å². The van der Waals surface area contributed by atoms with Crippen molar-refractivity contribution < 1.29 is 4.74 Å². The maximum Gasteiger partial charge on any atom is 0.139 e. The SMILES string of the molecule is Cc1ccc(OC(c2ccsc2)C(C)N)cc1C. The normalized spacial score (nSPS) is 14.2. The van der Waals surface area contributed by atoms with Gasteiger partial charge < -0.3 is 10.5 Å². The Morgan fingerprint density at radius 3 is 2.50 bits per heavy atom. The van der Waals surface area contributed by atoms with Crippen molar-refractivity contribution in [3.63, 3.8) is 0 Å². The van der Waals surface area contributed by atoms with Crippen LogP contribution in [0, 0.1) is 13.8 Å². The van der Waals surface area contributed by atoms with Crippen molar-refractivity contribution in [1.82, 2.24) is 0 Å². The molecule has 0 aliphatic carbocycles. The molecule has 0 bridgehead atoms. The number of nitrogens with two attached hydrogens (primary N) is 1. The third-order valence-corrected chi connectivity index (χ3v) is 3.79. The number of thiophene rings is 1. The minimum atomic E-state index is -0.0849. The lowest BCUT2D eigenvalue weighted by atomic mass is 10.1. The lowest BCUT2D eigenvalue weighted by Gasteiger charge is -2.22. The summed E-state index contributed by atoms with van der Waals surface area (Å²) < 4.78 is 6.04. The Hall–Kier alpha value is -1.32. The van der Waals surface area contributed by atoms with Crippen molar-refractivity contribution in [3.05, 3.63) is 51.7 Å². The zero-order valence-corrected chi connectivity index (χ0v) is 11.8. The van der Waals surface area contributed by atoms with Crippen LogP contribution in [0.3, 0.4) is 0 Å². The first-order chi connectivity index (χ1) is 8.58. The lowest BCUT2D eigenvalue weighted by Crippen LogP contribution is -2.28. The van der Waals surface area contributed by atoms with Gasteiger partial charge in [0.15, 0.2) is 0 Å². The van der Waals surface area contributed by atoms with Crippen molar-refractivity contribution in [3.8, 4) is 5.75 Å². The fourth-order valence-corrected chi connectivity index (χ4v) is 2.53. The van der Waals surface area contributed by atoms with E-state index in [0.29, 0.717) is 0 Å². The Morgan fingerprint density at radius 1 is 1.17 bits per heavy atom. The van der Waals surface area contributed by atoms with Crippen LogP contribution in [0.5, 0.6) is 5.75 Å². The lowest BCUT2D eigenvalue weighted by molar-refractivity contribution is 0.181. The van der Waals surface area contributed by atoms with E-state index in [1.807, 2.05) is 13.0 Å². The monoisotopic (exact) mass is 261 g/mol. The molecule has 0 fully saturated rings. The minimum Gasteiger partial charge on any atom is -0.484 e. The van der Waals surface area contributed by atoms with Gasteiger partial charge in [-0.05, 0) is 60.9 Å². The molecule has 0 aliphatic rings. The maximum absolute atomic E-state index is 6.04. The van der Waals surface area contributed by atoms with Crippen LogP contribution in [-0.2, 0) is 0 Å². The average Bonchev–Trinajstić information content (AvgIpc) is 2.83. The van der Waals surface area contributed by atoms with Gasteiger partial charge in [0, 0.05) is 11.6 Å². The molecule has 0 saturated carbocycles. The summed E-state index contributed by atoms with van der Waals surface area (Å²) in [5.74, 6) is 0.881. The van der Waals surface area contributed by atoms with Gasteiger partial charge in [-0.25, -0.2) is 0 Å². The van der Waals surface area contributed by atoms with Gasteiger partial charge in [-0.3, -0.25) is 0 Å². The van der Waals surface area contributed by atoms with E-state index in [1.54, 1.807) is 11.3 Å². The molecule has 0 amide bonds. The molecule has 2 nitrogen and oxygen atoms in total. The summed E-state index contributed by atoms with van der Waals surface area (Å²) in [5.41, 5.74) is 9.68. The molecule has 2 rings (SSSR count). The minimum absolute atomic E-state index is 0.0405. The van der Waals surface area contributed by atoms with Gasteiger partial charge in [-0.2, -0.15) is 11.3 Å². The van der Waals surface area contributed by atoms with Crippen molar-refractivity contribution in [2.45, 2.75) is 32.9 Å². The quantitative estimate of drug-likeness (QED) is 0.907. The molecule has 0 aliphatic heterocycles. The van der Waals surface area contributed by atoms with Crippen molar-refractivity contribution in [2.75, 3.05) is 0 Å². The zero-order valence-electron chi connectivity index (χ0n) is 11.0. The second-order valence-electron chi connectivity index (χ2n) is 4.70. The Bertz CT molecular complexity index is 505. The predicted octanol–water partition coefficient (Wildman–Crippen LogP) is 3.83. The van der Waals surface area contributed by atoms with Crippen LogP contribution in [0.2, 0.25) is 0 Å². The van der Waals surface area contributed by atoms with Crippen molar-refractivity contribution in [2.24, 2.45) is 5.73 Å². The number of ether oxygens (including phenoxy) is 1. The van der Waals surface area contributed by atoms with E-state index in [4.69, 9.17) is 10.5 Å².